The largest absolute Gasteiger partial charge is 0.396 e. The van der Waals surface area contributed by atoms with Crippen LogP contribution in [0.3, 0.4) is 0 Å². The highest BCUT2D eigenvalue weighted by atomic mass is 35.5. The maximum atomic E-state index is 9.01. The van der Waals surface area contributed by atoms with Crippen LogP contribution in [-0.4, -0.2) is 34.8 Å². The van der Waals surface area contributed by atoms with Crippen LogP contribution in [0.15, 0.2) is 12.5 Å². The first-order valence-electron chi connectivity index (χ1n) is 4.62. The molecule has 1 fully saturated rings. The van der Waals surface area contributed by atoms with Crippen LogP contribution in [0.1, 0.15) is 6.42 Å². The third-order valence-electron chi connectivity index (χ3n) is 2.49. The molecule has 1 N–H and O–H groups in total. The standard InChI is InChI=1S/C9H12ClN3O/c10-8-3-11-6-12-9(8)13-2-1-7(4-13)5-14/h3,6-7,14H,1-2,4-5H2. The number of hydrogen-bond donors (Lipinski definition) is 1. The number of anilines is 1. The normalized spacial score (nSPS) is 21.6. The first kappa shape index (κ1) is 9.68. The summed E-state index contributed by atoms with van der Waals surface area (Å²) in [5, 5.41) is 9.58. The molecule has 1 unspecified atom stereocenters. The minimum Gasteiger partial charge on any atom is -0.396 e. The summed E-state index contributed by atoms with van der Waals surface area (Å²) in [6, 6.07) is 0. The molecule has 0 aromatic carbocycles. The molecule has 1 aliphatic rings. The van der Waals surface area contributed by atoms with Crippen LogP contribution in [0.25, 0.3) is 0 Å². The van der Waals surface area contributed by atoms with Crippen LogP contribution < -0.4 is 4.90 Å². The second-order valence-corrected chi connectivity index (χ2v) is 3.88. The molecular formula is C9H12ClN3O. The highest BCUT2D eigenvalue weighted by Gasteiger charge is 2.24. The van der Waals surface area contributed by atoms with E-state index in [1.807, 2.05) is 0 Å². The van der Waals surface area contributed by atoms with E-state index < -0.39 is 0 Å². The molecule has 0 saturated carbocycles. The van der Waals surface area contributed by atoms with Gasteiger partial charge in [-0.05, 0) is 6.42 Å². The van der Waals surface area contributed by atoms with Crippen molar-refractivity contribution < 1.29 is 5.11 Å². The van der Waals surface area contributed by atoms with Gasteiger partial charge < -0.3 is 10.0 Å². The number of aliphatic hydroxyl groups excluding tert-OH is 1. The van der Waals surface area contributed by atoms with Crippen molar-refractivity contribution in [3.8, 4) is 0 Å². The number of aromatic nitrogens is 2. The van der Waals surface area contributed by atoms with Crippen molar-refractivity contribution in [3.05, 3.63) is 17.5 Å². The summed E-state index contributed by atoms with van der Waals surface area (Å²) in [6.07, 6.45) is 4.08. The predicted octanol–water partition coefficient (Wildman–Crippen LogP) is 0.949. The summed E-state index contributed by atoms with van der Waals surface area (Å²) in [5.74, 6) is 1.12. The Morgan fingerprint density at radius 1 is 1.64 bits per heavy atom. The molecule has 14 heavy (non-hydrogen) atoms. The van der Waals surface area contributed by atoms with Crippen LogP contribution in [0, 0.1) is 5.92 Å². The Labute approximate surface area is 87.5 Å². The van der Waals surface area contributed by atoms with Gasteiger partial charge in [-0.15, -0.1) is 0 Å². The van der Waals surface area contributed by atoms with Crippen molar-refractivity contribution in [2.45, 2.75) is 6.42 Å². The fraction of sp³-hybridized carbons (Fsp3) is 0.556. The maximum Gasteiger partial charge on any atom is 0.150 e. The summed E-state index contributed by atoms with van der Waals surface area (Å²) in [4.78, 5) is 10.1. The smallest absolute Gasteiger partial charge is 0.150 e. The first-order chi connectivity index (χ1) is 6.81. The highest BCUT2D eigenvalue weighted by molar-refractivity contribution is 6.32. The van der Waals surface area contributed by atoms with Gasteiger partial charge in [0.25, 0.3) is 0 Å². The molecule has 1 aliphatic heterocycles. The van der Waals surface area contributed by atoms with Crippen LogP contribution in [0.2, 0.25) is 5.02 Å². The van der Waals surface area contributed by atoms with E-state index in [4.69, 9.17) is 16.7 Å². The molecular weight excluding hydrogens is 202 g/mol. The van der Waals surface area contributed by atoms with Crippen LogP contribution in [0.4, 0.5) is 5.82 Å². The molecule has 0 bridgehead atoms. The minimum absolute atomic E-state index is 0.235. The second-order valence-electron chi connectivity index (χ2n) is 3.48. The van der Waals surface area contributed by atoms with Crippen LogP contribution >= 0.6 is 11.6 Å². The Morgan fingerprint density at radius 2 is 2.50 bits per heavy atom. The van der Waals surface area contributed by atoms with E-state index in [1.165, 1.54) is 6.33 Å². The summed E-state index contributed by atoms with van der Waals surface area (Å²) in [5.41, 5.74) is 0. The van der Waals surface area contributed by atoms with E-state index in [2.05, 4.69) is 14.9 Å². The summed E-state index contributed by atoms with van der Waals surface area (Å²) in [6.45, 7) is 1.97. The van der Waals surface area contributed by atoms with Gasteiger partial charge in [-0.3, -0.25) is 0 Å². The second kappa shape index (κ2) is 4.11. The van der Waals surface area contributed by atoms with Gasteiger partial charge in [-0.2, -0.15) is 0 Å². The van der Waals surface area contributed by atoms with Crippen molar-refractivity contribution in [2.75, 3.05) is 24.6 Å². The predicted molar refractivity (Wildman–Crippen MR) is 54.4 cm³/mol. The third kappa shape index (κ3) is 1.81. The molecule has 4 nitrogen and oxygen atoms in total. The Balaban J connectivity index is 2.13. The molecule has 1 atom stereocenters. The maximum absolute atomic E-state index is 9.01. The molecule has 0 aliphatic carbocycles. The lowest BCUT2D eigenvalue weighted by Crippen LogP contribution is -2.22. The van der Waals surface area contributed by atoms with E-state index in [0.29, 0.717) is 10.9 Å². The number of hydrogen-bond acceptors (Lipinski definition) is 4. The molecule has 1 saturated heterocycles. The van der Waals surface area contributed by atoms with Gasteiger partial charge >= 0.3 is 0 Å². The number of rotatable bonds is 2. The van der Waals surface area contributed by atoms with Gasteiger partial charge in [0.1, 0.15) is 11.3 Å². The van der Waals surface area contributed by atoms with Crippen molar-refractivity contribution in [3.63, 3.8) is 0 Å². The van der Waals surface area contributed by atoms with Gasteiger partial charge in [0.05, 0.1) is 6.20 Å². The fourth-order valence-corrected chi connectivity index (χ4v) is 1.94. The molecule has 5 heteroatoms. The fourth-order valence-electron chi connectivity index (χ4n) is 1.71. The van der Waals surface area contributed by atoms with Crippen molar-refractivity contribution in [1.29, 1.82) is 0 Å². The quantitative estimate of drug-likeness (QED) is 0.795. The van der Waals surface area contributed by atoms with Crippen molar-refractivity contribution in [1.82, 2.24) is 9.97 Å². The van der Waals surface area contributed by atoms with Gasteiger partial charge in [0.15, 0.2) is 5.82 Å². The van der Waals surface area contributed by atoms with Gasteiger partial charge in [0, 0.05) is 25.6 Å². The zero-order chi connectivity index (χ0) is 9.97. The lowest BCUT2D eigenvalue weighted by atomic mass is 10.1. The third-order valence-corrected chi connectivity index (χ3v) is 2.76. The number of halogens is 1. The molecule has 0 radical (unpaired) electrons. The van der Waals surface area contributed by atoms with Crippen molar-refractivity contribution in [2.24, 2.45) is 5.92 Å². The Hall–Kier alpha value is -0.870. The Kier molecular flexibility index (Phi) is 2.84. The lowest BCUT2D eigenvalue weighted by molar-refractivity contribution is 0.238. The molecule has 76 valence electrons. The highest BCUT2D eigenvalue weighted by Crippen LogP contribution is 2.26. The zero-order valence-electron chi connectivity index (χ0n) is 7.73. The van der Waals surface area contributed by atoms with Gasteiger partial charge in [-0.25, -0.2) is 9.97 Å². The topological polar surface area (TPSA) is 49.2 Å². The monoisotopic (exact) mass is 213 g/mol. The average molecular weight is 214 g/mol. The molecule has 0 spiro atoms. The van der Waals surface area contributed by atoms with Crippen LogP contribution in [0.5, 0.6) is 0 Å². The molecule has 1 aromatic heterocycles. The van der Waals surface area contributed by atoms with E-state index in [9.17, 15) is 0 Å². The lowest BCUT2D eigenvalue weighted by Gasteiger charge is -2.17. The number of nitrogens with zero attached hydrogens (tertiary/aromatic N) is 3. The number of aliphatic hydroxyl groups is 1. The van der Waals surface area contributed by atoms with E-state index in [-0.39, 0.29) is 6.61 Å². The Bertz CT molecular complexity index is 321. The van der Waals surface area contributed by atoms with Gasteiger partial charge in [0.2, 0.25) is 0 Å². The van der Waals surface area contributed by atoms with Crippen LogP contribution in [-0.2, 0) is 0 Å². The summed E-state index contributed by atoms with van der Waals surface area (Å²) < 4.78 is 0. The van der Waals surface area contributed by atoms with E-state index >= 15 is 0 Å². The summed E-state index contributed by atoms with van der Waals surface area (Å²) >= 11 is 5.97. The average Bonchev–Trinajstić information content (AvgIpc) is 2.67. The molecule has 2 heterocycles. The SMILES string of the molecule is OCC1CCN(c2ncncc2Cl)C1. The van der Waals surface area contributed by atoms with Gasteiger partial charge in [-0.1, -0.05) is 11.6 Å². The zero-order valence-corrected chi connectivity index (χ0v) is 8.48. The minimum atomic E-state index is 0.235. The molecule has 2 rings (SSSR count). The van der Waals surface area contributed by atoms with Crippen molar-refractivity contribution >= 4 is 17.4 Å². The molecule has 0 amide bonds. The molecule has 1 aromatic rings. The van der Waals surface area contributed by atoms with E-state index in [0.717, 1.165) is 25.3 Å². The van der Waals surface area contributed by atoms with E-state index in [1.54, 1.807) is 6.20 Å². The summed E-state index contributed by atoms with van der Waals surface area (Å²) in [7, 11) is 0. The Morgan fingerprint density at radius 3 is 3.14 bits per heavy atom. The first-order valence-corrected chi connectivity index (χ1v) is 5.00.